The molecule has 1 aromatic heterocycles. The van der Waals surface area contributed by atoms with Crippen LogP contribution >= 0.6 is 0 Å². The first kappa shape index (κ1) is 11.2. The van der Waals surface area contributed by atoms with Crippen LogP contribution in [-0.4, -0.2) is 23.3 Å². The first-order valence-electron chi connectivity index (χ1n) is 5.96. The van der Waals surface area contributed by atoms with Crippen LogP contribution in [0.3, 0.4) is 0 Å². The molecule has 2 unspecified atom stereocenters. The molecule has 2 atom stereocenters. The Morgan fingerprint density at radius 3 is 2.88 bits per heavy atom. The van der Waals surface area contributed by atoms with Crippen molar-refractivity contribution in [2.24, 2.45) is 5.92 Å². The number of rotatable bonds is 2. The summed E-state index contributed by atoms with van der Waals surface area (Å²) >= 11 is 0. The zero-order chi connectivity index (χ0) is 11.5. The largest absolute Gasteiger partial charge is 0.370 e. The van der Waals surface area contributed by atoms with Gasteiger partial charge in [0, 0.05) is 19.2 Å². The molecule has 1 aromatic rings. The number of aromatic amines is 1. The van der Waals surface area contributed by atoms with Crippen molar-refractivity contribution in [2.45, 2.75) is 38.6 Å². The molecule has 1 N–H and O–H groups in total. The third-order valence-electron chi connectivity index (χ3n) is 3.62. The quantitative estimate of drug-likeness (QED) is 0.828. The Kier molecular flexibility index (Phi) is 3.27. The first-order valence-corrected chi connectivity index (χ1v) is 5.96. The van der Waals surface area contributed by atoms with Crippen molar-refractivity contribution < 1.29 is 0 Å². The van der Waals surface area contributed by atoms with Gasteiger partial charge in [0.05, 0.1) is 11.9 Å². The van der Waals surface area contributed by atoms with Gasteiger partial charge in [-0.3, -0.25) is 4.79 Å². The van der Waals surface area contributed by atoms with E-state index >= 15 is 0 Å². The van der Waals surface area contributed by atoms with Crippen LogP contribution in [0.2, 0.25) is 0 Å². The number of nitrogens with one attached hydrogen (secondary N) is 1. The minimum absolute atomic E-state index is 0.132. The lowest BCUT2D eigenvalue weighted by Gasteiger charge is -2.37. The lowest BCUT2D eigenvalue weighted by Crippen LogP contribution is -2.39. The summed E-state index contributed by atoms with van der Waals surface area (Å²) in [6, 6.07) is 2.16. The highest BCUT2D eigenvalue weighted by Gasteiger charge is 2.25. The zero-order valence-electron chi connectivity index (χ0n) is 9.94. The van der Waals surface area contributed by atoms with Crippen LogP contribution in [0.1, 0.15) is 32.6 Å². The molecule has 1 fully saturated rings. The first-order chi connectivity index (χ1) is 7.68. The van der Waals surface area contributed by atoms with Crippen LogP contribution in [0.15, 0.2) is 17.1 Å². The molecule has 1 heterocycles. The van der Waals surface area contributed by atoms with Gasteiger partial charge in [0.1, 0.15) is 0 Å². The zero-order valence-corrected chi connectivity index (χ0v) is 9.94. The molecule has 0 aromatic carbocycles. The summed E-state index contributed by atoms with van der Waals surface area (Å²) < 4.78 is 0. The molecule has 0 spiro atoms. The Bertz CT molecular complexity index is 401. The maximum atomic E-state index is 11.2. The van der Waals surface area contributed by atoms with E-state index in [-0.39, 0.29) is 5.56 Å². The summed E-state index contributed by atoms with van der Waals surface area (Å²) in [7, 11) is 2.06. The summed E-state index contributed by atoms with van der Waals surface area (Å²) in [5.74, 6) is 0.693. The van der Waals surface area contributed by atoms with Gasteiger partial charge in [-0.25, -0.2) is 5.10 Å². The van der Waals surface area contributed by atoms with Gasteiger partial charge in [0.15, 0.2) is 0 Å². The third kappa shape index (κ3) is 2.26. The molecule has 0 radical (unpaired) electrons. The van der Waals surface area contributed by atoms with Crippen LogP contribution < -0.4 is 10.5 Å². The molecule has 4 heteroatoms. The Morgan fingerprint density at radius 1 is 1.44 bits per heavy atom. The van der Waals surface area contributed by atoms with Crippen molar-refractivity contribution in [3.05, 3.63) is 22.6 Å². The van der Waals surface area contributed by atoms with Crippen molar-refractivity contribution in [3.63, 3.8) is 0 Å². The minimum atomic E-state index is -0.132. The second-order valence-corrected chi connectivity index (χ2v) is 4.74. The Hall–Kier alpha value is -1.32. The van der Waals surface area contributed by atoms with Crippen LogP contribution in [-0.2, 0) is 0 Å². The Balaban J connectivity index is 2.17. The minimum Gasteiger partial charge on any atom is -0.370 e. The smallest absolute Gasteiger partial charge is 0.266 e. The molecule has 1 aliphatic rings. The molecule has 16 heavy (non-hydrogen) atoms. The second-order valence-electron chi connectivity index (χ2n) is 4.74. The summed E-state index contributed by atoms with van der Waals surface area (Å²) in [6.45, 7) is 2.29. The fourth-order valence-electron chi connectivity index (χ4n) is 2.62. The van der Waals surface area contributed by atoms with Crippen molar-refractivity contribution in [2.75, 3.05) is 11.9 Å². The topological polar surface area (TPSA) is 49.0 Å². The van der Waals surface area contributed by atoms with Gasteiger partial charge in [0.25, 0.3) is 5.56 Å². The molecule has 2 rings (SSSR count). The van der Waals surface area contributed by atoms with Gasteiger partial charge in [-0.1, -0.05) is 19.8 Å². The van der Waals surface area contributed by atoms with E-state index in [1.807, 2.05) is 0 Å². The van der Waals surface area contributed by atoms with Gasteiger partial charge >= 0.3 is 0 Å². The van der Waals surface area contributed by atoms with Crippen molar-refractivity contribution in [1.82, 2.24) is 10.2 Å². The molecule has 1 saturated carbocycles. The van der Waals surface area contributed by atoms with Crippen molar-refractivity contribution in [1.29, 1.82) is 0 Å². The highest BCUT2D eigenvalue weighted by molar-refractivity contribution is 5.43. The molecular formula is C12H19N3O. The highest BCUT2D eigenvalue weighted by atomic mass is 16.1. The van der Waals surface area contributed by atoms with E-state index in [9.17, 15) is 4.79 Å². The van der Waals surface area contributed by atoms with Gasteiger partial charge in [-0.05, 0) is 18.8 Å². The average molecular weight is 221 g/mol. The molecule has 0 amide bonds. The molecule has 1 aliphatic carbocycles. The molecule has 0 saturated heterocycles. The molecule has 4 nitrogen and oxygen atoms in total. The molecule has 88 valence electrons. The normalized spacial score (nSPS) is 25.4. The molecule has 0 bridgehead atoms. The van der Waals surface area contributed by atoms with Crippen LogP contribution in [0, 0.1) is 5.92 Å². The third-order valence-corrected chi connectivity index (χ3v) is 3.62. The van der Waals surface area contributed by atoms with Crippen molar-refractivity contribution >= 4 is 5.69 Å². The number of H-pyrrole nitrogens is 1. The van der Waals surface area contributed by atoms with E-state index < -0.39 is 0 Å². The predicted molar refractivity (Wildman–Crippen MR) is 64.7 cm³/mol. The lowest BCUT2D eigenvalue weighted by atomic mass is 9.85. The second kappa shape index (κ2) is 4.68. The van der Waals surface area contributed by atoms with Crippen LogP contribution in [0.25, 0.3) is 0 Å². The maximum Gasteiger partial charge on any atom is 0.266 e. The number of hydrogen-bond acceptors (Lipinski definition) is 3. The van der Waals surface area contributed by atoms with Gasteiger partial charge < -0.3 is 4.90 Å². The van der Waals surface area contributed by atoms with E-state index in [2.05, 4.69) is 29.1 Å². The number of nitrogens with zero attached hydrogens (tertiary/aromatic N) is 2. The lowest BCUT2D eigenvalue weighted by molar-refractivity contribution is 0.321. The summed E-state index contributed by atoms with van der Waals surface area (Å²) in [5.41, 5.74) is 0.787. The summed E-state index contributed by atoms with van der Waals surface area (Å²) in [6.07, 6.45) is 6.84. The van der Waals surface area contributed by atoms with E-state index in [4.69, 9.17) is 0 Å². The number of aromatic nitrogens is 2. The van der Waals surface area contributed by atoms with Gasteiger partial charge in [-0.2, -0.15) is 5.10 Å². The Labute approximate surface area is 95.7 Å². The average Bonchev–Trinajstić information content (AvgIpc) is 2.29. The van der Waals surface area contributed by atoms with Gasteiger partial charge in [-0.15, -0.1) is 0 Å². The van der Waals surface area contributed by atoms with Crippen molar-refractivity contribution in [3.8, 4) is 0 Å². The monoisotopic (exact) mass is 221 g/mol. The molecular weight excluding hydrogens is 202 g/mol. The fourth-order valence-corrected chi connectivity index (χ4v) is 2.62. The van der Waals surface area contributed by atoms with Crippen LogP contribution in [0.5, 0.6) is 0 Å². The van der Waals surface area contributed by atoms with Gasteiger partial charge in [0.2, 0.25) is 0 Å². The highest BCUT2D eigenvalue weighted by Crippen LogP contribution is 2.29. The Morgan fingerprint density at radius 2 is 2.19 bits per heavy atom. The van der Waals surface area contributed by atoms with E-state index in [0.717, 1.165) is 5.69 Å². The maximum absolute atomic E-state index is 11.2. The fraction of sp³-hybridized carbons (Fsp3) is 0.667. The predicted octanol–water partition coefficient (Wildman–Crippen LogP) is 1.78. The molecule has 0 aliphatic heterocycles. The summed E-state index contributed by atoms with van der Waals surface area (Å²) in [4.78, 5) is 13.4. The van der Waals surface area contributed by atoms with Crippen LogP contribution in [0.4, 0.5) is 5.69 Å². The van der Waals surface area contributed by atoms with E-state index in [0.29, 0.717) is 12.0 Å². The summed E-state index contributed by atoms with van der Waals surface area (Å²) in [5, 5.41) is 6.25. The standard InChI is InChI=1S/C12H19N3O/c1-9-5-3-4-6-11(9)15(2)10-7-12(16)14-13-8-10/h7-9,11H,3-6H2,1-2H3,(H,14,16). The number of hydrogen-bond donors (Lipinski definition) is 1. The SMILES string of the molecule is CC1CCCCC1N(C)c1cn[nH]c(=O)c1. The van der Waals surface area contributed by atoms with E-state index in [1.165, 1.54) is 25.7 Å². The van der Waals surface area contributed by atoms with E-state index in [1.54, 1.807) is 12.3 Å². The number of anilines is 1.